The largest absolute Gasteiger partial charge is 0.489 e. The molecular weight excluding hydrogens is 222 g/mol. The molecule has 2 rings (SSSR count). The van der Waals surface area contributed by atoms with Crippen LogP contribution in [-0.4, -0.2) is 13.2 Å². The highest BCUT2D eigenvalue weighted by molar-refractivity contribution is 5.33. The average Bonchev–Trinajstić information content (AvgIpc) is 2.91. The molecule has 0 spiro atoms. The predicted octanol–water partition coefficient (Wildman–Crippen LogP) is 3.53. The highest BCUT2D eigenvalue weighted by Gasteiger charge is 2.14. The topological polar surface area (TPSA) is 21.3 Å². The van der Waals surface area contributed by atoms with Gasteiger partial charge in [-0.15, -0.1) is 0 Å². The van der Waals surface area contributed by atoms with Crippen LogP contribution < -0.4 is 10.1 Å². The van der Waals surface area contributed by atoms with E-state index in [4.69, 9.17) is 4.74 Å². The van der Waals surface area contributed by atoms with Crippen molar-refractivity contribution in [2.24, 2.45) is 5.92 Å². The Morgan fingerprint density at radius 2 is 2.06 bits per heavy atom. The molecule has 1 aromatic rings. The highest BCUT2D eigenvalue weighted by atomic mass is 16.5. The lowest BCUT2D eigenvalue weighted by Gasteiger charge is -2.13. The zero-order chi connectivity index (χ0) is 12.6. The minimum Gasteiger partial charge on any atom is -0.489 e. The Morgan fingerprint density at radius 3 is 2.83 bits per heavy atom. The van der Waals surface area contributed by atoms with Gasteiger partial charge in [0.2, 0.25) is 0 Å². The van der Waals surface area contributed by atoms with Crippen molar-refractivity contribution in [2.45, 2.75) is 32.2 Å². The van der Waals surface area contributed by atoms with Crippen LogP contribution in [0.2, 0.25) is 0 Å². The van der Waals surface area contributed by atoms with E-state index in [1.807, 2.05) is 12.1 Å². The van der Waals surface area contributed by atoms with E-state index < -0.39 is 0 Å². The SMILES string of the molecule is C=CCOc1ccccc1CNCC1CCCC1. The summed E-state index contributed by atoms with van der Waals surface area (Å²) < 4.78 is 5.65. The summed E-state index contributed by atoms with van der Waals surface area (Å²) in [5.41, 5.74) is 1.23. The molecule has 0 atom stereocenters. The van der Waals surface area contributed by atoms with Crippen LogP contribution in [0.1, 0.15) is 31.2 Å². The molecule has 18 heavy (non-hydrogen) atoms. The Balaban J connectivity index is 1.81. The van der Waals surface area contributed by atoms with E-state index in [1.165, 1.54) is 31.2 Å². The molecule has 2 nitrogen and oxygen atoms in total. The number of rotatable bonds is 7. The van der Waals surface area contributed by atoms with Crippen molar-refractivity contribution in [1.82, 2.24) is 5.32 Å². The Morgan fingerprint density at radius 1 is 1.28 bits per heavy atom. The van der Waals surface area contributed by atoms with Crippen molar-refractivity contribution < 1.29 is 4.74 Å². The van der Waals surface area contributed by atoms with Gasteiger partial charge >= 0.3 is 0 Å². The average molecular weight is 245 g/mol. The fourth-order valence-electron chi connectivity index (χ4n) is 2.56. The Labute approximate surface area is 110 Å². The van der Waals surface area contributed by atoms with Crippen molar-refractivity contribution in [3.63, 3.8) is 0 Å². The molecule has 0 aromatic heterocycles. The third-order valence-electron chi connectivity index (χ3n) is 3.55. The first-order chi connectivity index (χ1) is 8.90. The molecule has 0 unspecified atom stereocenters. The maximum absolute atomic E-state index is 5.65. The molecular formula is C16H23NO. The second kappa shape index (κ2) is 7.22. The summed E-state index contributed by atoms with van der Waals surface area (Å²) in [7, 11) is 0. The zero-order valence-electron chi connectivity index (χ0n) is 11.0. The molecule has 0 bridgehead atoms. The second-order valence-electron chi connectivity index (χ2n) is 4.99. The molecule has 1 saturated carbocycles. The normalized spacial score (nSPS) is 15.8. The van der Waals surface area contributed by atoms with Gasteiger partial charge in [-0.3, -0.25) is 0 Å². The molecule has 1 aliphatic carbocycles. The van der Waals surface area contributed by atoms with Crippen LogP contribution in [-0.2, 0) is 6.54 Å². The first kappa shape index (κ1) is 13.2. The lowest BCUT2D eigenvalue weighted by Crippen LogP contribution is -2.21. The van der Waals surface area contributed by atoms with Crippen LogP contribution in [0.3, 0.4) is 0 Å². The van der Waals surface area contributed by atoms with Crippen molar-refractivity contribution in [1.29, 1.82) is 0 Å². The van der Waals surface area contributed by atoms with E-state index in [2.05, 4.69) is 24.0 Å². The molecule has 0 amide bonds. The van der Waals surface area contributed by atoms with Gasteiger partial charge in [0.05, 0.1) is 0 Å². The van der Waals surface area contributed by atoms with Gasteiger partial charge in [-0.05, 0) is 31.4 Å². The Hall–Kier alpha value is -1.28. The van der Waals surface area contributed by atoms with E-state index in [1.54, 1.807) is 6.08 Å². The summed E-state index contributed by atoms with van der Waals surface area (Å²) in [5, 5.41) is 3.55. The summed E-state index contributed by atoms with van der Waals surface area (Å²) in [5.74, 6) is 1.85. The lowest BCUT2D eigenvalue weighted by atomic mass is 10.1. The monoisotopic (exact) mass is 245 g/mol. The third-order valence-corrected chi connectivity index (χ3v) is 3.55. The van der Waals surface area contributed by atoms with Crippen LogP contribution in [0.25, 0.3) is 0 Å². The van der Waals surface area contributed by atoms with E-state index >= 15 is 0 Å². The molecule has 98 valence electrons. The predicted molar refractivity (Wildman–Crippen MR) is 75.8 cm³/mol. The van der Waals surface area contributed by atoms with Gasteiger partial charge in [-0.2, -0.15) is 0 Å². The molecule has 2 heteroatoms. The van der Waals surface area contributed by atoms with Gasteiger partial charge in [-0.1, -0.05) is 43.7 Å². The summed E-state index contributed by atoms with van der Waals surface area (Å²) in [6.07, 6.45) is 7.38. The molecule has 0 radical (unpaired) electrons. The van der Waals surface area contributed by atoms with Crippen LogP contribution >= 0.6 is 0 Å². The van der Waals surface area contributed by atoms with E-state index in [-0.39, 0.29) is 0 Å². The van der Waals surface area contributed by atoms with Crippen molar-refractivity contribution in [2.75, 3.05) is 13.2 Å². The van der Waals surface area contributed by atoms with Gasteiger partial charge in [0, 0.05) is 12.1 Å². The van der Waals surface area contributed by atoms with E-state index in [0.29, 0.717) is 6.61 Å². The lowest BCUT2D eigenvalue weighted by molar-refractivity contribution is 0.357. The highest BCUT2D eigenvalue weighted by Crippen LogP contribution is 2.24. The first-order valence-corrected chi connectivity index (χ1v) is 6.92. The zero-order valence-corrected chi connectivity index (χ0v) is 11.0. The second-order valence-corrected chi connectivity index (χ2v) is 4.99. The molecule has 1 aliphatic rings. The van der Waals surface area contributed by atoms with Crippen LogP contribution in [0.5, 0.6) is 5.75 Å². The first-order valence-electron chi connectivity index (χ1n) is 6.92. The van der Waals surface area contributed by atoms with Crippen molar-refractivity contribution in [3.8, 4) is 5.75 Å². The third kappa shape index (κ3) is 3.88. The molecule has 1 N–H and O–H groups in total. The molecule has 0 saturated heterocycles. The maximum atomic E-state index is 5.65. The summed E-state index contributed by atoms with van der Waals surface area (Å²) in [6, 6.07) is 8.22. The standard InChI is InChI=1S/C16H23NO/c1-2-11-18-16-10-6-5-9-15(16)13-17-12-14-7-3-4-8-14/h2,5-6,9-10,14,17H,1,3-4,7-8,11-13H2. The maximum Gasteiger partial charge on any atom is 0.124 e. The fraction of sp³-hybridized carbons (Fsp3) is 0.500. The molecule has 1 aromatic carbocycles. The van der Waals surface area contributed by atoms with Gasteiger partial charge in [-0.25, -0.2) is 0 Å². The number of nitrogens with one attached hydrogen (secondary N) is 1. The Kier molecular flexibility index (Phi) is 5.28. The fourth-order valence-corrected chi connectivity index (χ4v) is 2.56. The number of hydrogen-bond acceptors (Lipinski definition) is 2. The van der Waals surface area contributed by atoms with Crippen LogP contribution in [0.4, 0.5) is 0 Å². The van der Waals surface area contributed by atoms with Gasteiger partial charge in [0.25, 0.3) is 0 Å². The quantitative estimate of drug-likeness (QED) is 0.742. The summed E-state index contributed by atoms with van der Waals surface area (Å²) in [6.45, 7) is 6.28. The molecule has 0 heterocycles. The molecule has 1 fully saturated rings. The minimum absolute atomic E-state index is 0.569. The van der Waals surface area contributed by atoms with Crippen molar-refractivity contribution >= 4 is 0 Å². The minimum atomic E-state index is 0.569. The number of para-hydroxylation sites is 1. The summed E-state index contributed by atoms with van der Waals surface area (Å²) >= 11 is 0. The van der Waals surface area contributed by atoms with E-state index in [9.17, 15) is 0 Å². The van der Waals surface area contributed by atoms with E-state index in [0.717, 1.165) is 24.8 Å². The van der Waals surface area contributed by atoms with Crippen LogP contribution in [0, 0.1) is 5.92 Å². The summed E-state index contributed by atoms with van der Waals surface area (Å²) in [4.78, 5) is 0. The number of ether oxygens (including phenoxy) is 1. The van der Waals surface area contributed by atoms with Gasteiger partial charge < -0.3 is 10.1 Å². The van der Waals surface area contributed by atoms with Crippen molar-refractivity contribution in [3.05, 3.63) is 42.5 Å². The van der Waals surface area contributed by atoms with Crippen LogP contribution in [0.15, 0.2) is 36.9 Å². The smallest absolute Gasteiger partial charge is 0.124 e. The Bertz CT molecular complexity index is 369. The van der Waals surface area contributed by atoms with Gasteiger partial charge in [0.15, 0.2) is 0 Å². The van der Waals surface area contributed by atoms with Gasteiger partial charge in [0.1, 0.15) is 12.4 Å². The number of benzene rings is 1. The molecule has 0 aliphatic heterocycles. The number of hydrogen-bond donors (Lipinski definition) is 1.